The maximum atomic E-state index is 13.3. The van der Waals surface area contributed by atoms with Crippen LogP contribution >= 0.6 is 11.6 Å². The number of pyridine rings is 3. The van der Waals surface area contributed by atoms with Gasteiger partial charge in [0.2, 0.25) is 11.8 Å². The minimum atomic E-state index is -4.25. The Morgan fingerprint density at radius 3 is 2.29 bits per heavy atom. The van der Waals surface area contributed by atoms with Crippen LogP contribution in [-0.2, 0) is 10.0 Å². The van der Waals surface area contributed by atoms with Crippen molar-refractivity contribution in [2.24, 2.45) is 0 Å². The summed E-state index contributed by atoms with van der Waals surface area (Å²) in [6, 6.07) is 13.0. The maximum absolute atomic E-state index is 13.3. The van der Waals surface area contributed by atoms with Gasteiger partial charge in [0.15, 0.2) is 5.03 Å². The van der Waals surface area contributed by atoms with Crippen molar-refractivity contribution in [3.8, 4) is 28.8 Å². The molecule has 9 nitrogen and oxygen atoms in total. The third-order valence-electron chi connectivity index (χ3n) is 5.57. The first-order valence-corrected chi connectivity index (χ1v) is 13.3. The lowest BCUT2D eigenvalue weighted by molar-refractivity contribution is 0.0978. The number of carbonyl (C=O) groups is 1. The first kappa shape index (κ1) is 27.0. The monoisotopic (exact) mass is 552 g/mol. The predicted molar refractivity (Wildman–Crippen MR) is 143 cm³/mol. The highest BCUT2D eigenvalue weighted by Gasteiger charge is 2.25. The second-order valence-electron chi connectivity index (χ2n) is 8.65. The molecule has 0 saturated heterocycles. The fourth-order valence-electron chi connectivity index (χ4n) is 3.89. The van der Waals surface area contributed by atoms with E-state index in [0.717, 1.165) is 16.7 Å². The van der Waals surface area contributed by atoms with E-state index in [4.69, 9.17) is 21.1 Å². The smallest absolute Gasteiger partial charge is 0.281 e. The third kappa shape index (κ3) is 5.76. The van der Waals surface area contributed by atoms with Gasteiger partial charge in [-0.2, -0.15) is 8.42 Å². The van der Waals surface area contributed by atoms with E-state index < -0.39 is 15.9 Å². The van der Waals surface area contributed by atoms with Gasteiger partial charge in [-0.1, -0.05) is 35.4 Å². The molecule has 0 spiro atoms. The molecule has 0 unspecified atom stereocenters. The van der Waals surface area contributed by atoms with E-state index in [1.54, 1.807) is 31.2 Å². The van der Waals surface area contributed by atoms with E-state index in [1.165, 1.54) is 25.4 Å². The Morgan fingerprint density at radius 1 is 0.947 bits per heavy atom. The highest BCUT2D eigenvalue weighted by molar-refractivity contribution is 7.90. The number of sulfonamides is 1. The van der Waals surface area contributed by atoms with Crippen molar-refractivity contribution in [1.29, 1.82) is 0 Å². The average molecular weight is 553 g/mol. The van der Waals surface area contributed by atoms with Gasteiger partial charge in [-0.05, 0) is 69.2 Å². The highest BCUT2D eigenvalue weighted by atomic mass is 35.5. The van der Waals surface area contributed by atoms with Crippen LogP contribution < -0.4 is 14.2 Å². The molecule has 0 atom stereocenters. The molecule has 1 amide bonds. The number of rotatable bonds is 7. The number of benzene rings is 1. The zero-order valence-corrected chi connectivity index (χ0v) is 22.9. The van der Waals surface area contributed by atoms with Crippen molar-refractivity contribution in [2.45, 2.75) is 32.7 Å². The molecule has 0 radical (unpaired) electrons. The normalized spacial score (nSPS) is 11.2. The summed E-state index contributed by atoms with van der Waals surface area (Å²) in [7, 11) is -2.80. The summed E-state index contributed by atoms with van der Waals surface area (Å²) >= 11 is 6.25. The summed E-state index contributed by atoms with van der Waals surface area (Å²) in [5.41, 5.74) is 4.05. The first-order valence-electron chi connectivity index (χ1n) is 11.5. The minimum absolute atomic E-state index is 0.0862. The van der Waals surface area contributed by atoms with Gasteiger partial charge >= 0.3 is 0 Å². The highest BCUT2D eigenvalue weighted by Crippen LogP contribution is 2.33. The zero-order valence-electron chi connectivity index (χ0n) is 21.4. The van der Waals surface area contributed by atoms with Gasteiger partial charge in [0.05, 0.1) is 12.8 Å². The number of nitrogens with one attached hydrogen (secondary N) is 1. The predicted octanol–water partition coefficient (Wildman–Crippen LogP) is 5.35. The number of nitrogens with zero attached hydrogens (tertiary/aromatic N) is 3. The van der Waals surface area contributed by atoms with Crippen molar-refractivity contribution >= 4 is 27.5 Å². The summed E-state index contributed by atoms with van der Waals surface area (Å²) in [4.78, 5) is 26.0. The summed E-state index contributed by atoms with van der Waals surface area (Å²) < 4.78 is 39.1. The van der Waals surface area contributed by atoms with Crippen LogP contribution in [0.1, 0.15) is 32.7 Å². The lowest BCUT2D eigenvalue weighted by Gasteiger charge is -2.16. The molecule has 0 aliphatic heterocycles. The molecule has 0 saturated carbocycles. The first-order chi connectivity index (χ1) is 18.0. The average Bonchev–Trinajstić information content (AvgIpc) is 2.85. The summed E-state index contributed by atoms with van der Waals surface area (Å²) in [6.45, 7) is 7.37. The van der Waals surface area contributed by atoms with Gasteiger partial charge in [0, 0.05) is 17.5 Å². The van der Waals surface area contributed by atoms with Gasteiger partial charge < -0.3 is 9.47 Å². The maximum Gasteiger partial charge on any atom is 0.281 e. The molecular weight excluding hydrogens is 528 g/mol. The van der Waals surface area contributed by atoms with Gasteiger partial charge in [-0.15, -0.1) is 0 Å². The van der Waals surface area contributed by atoms with Crippen LogP contribution in [0.3, 0.4) is 0 Å². The molecular formula is C27H25ClN4O5S. The number of amides is 1. The van der Waals surface area contributed by atoms with Crippen LogP contribution in [0, 0.1) is 27.7 Å². The Hall–Kier alpha value is -4.02. The number of ether oxygens (including phenoxy) is 2. The Labute approximate surface area is 225 Å². The van der Waals surface area contributed by atoms with E-state index in [0.29, 0.717) is 22.7 Å². The fourth-order valence-corrected chi connectivity index (χ4v) is 5.11. The van der Waals surface area contributed by atoms with E-state index in [-0.39, 0.29) is 27.4 Å². The van der Waals surface area contributed by atoms with Crippen LogP contribution in [-0.4, -0.2) is 36.4 Å². The van der Waals surface area contributed by atoms with Crippen LogP contribution in [0.15, 0.2) is 59.8 Å². The molecule has 0 bridgehead atoms. The molecule has 1 aromatic carbocycles. The summed E-state index contributed by atoms with van der Waals surface area (Å²) in [5.74, 6) is -0.253. The third-order valence-corrected chi connectivity index (χ3v) is 7.07. The molecule has 196 valence electrons. The van der Waals surface area contributed by atoms with E-state index >= 15 is 0 Å². The number of halogens is 1. The molecule has 0 fully saturated rings. The lowest BCUT2D eigenvalue weighted by Crippen LogP contribution is -2.31. The van der Waals surface area contributed by atoms with E-state index in [9.17, 15) is 13.2 Å². The zero-order chi connectivity index (χ0) is 27.6. The minimum Gasteiger partial charge on any atom is -0.480 e. The quantitative estimate of drug-likeness (QED) is 0.326. The Balaban J connectivity index is 1.79. The van der Waals surface area contributed by atoms with Gasteiger partial charge in [-0.3, -0.25) is 4.79 Å². The van der Waals surface area contributed by atoms with Gasteiger partial charge in [-0.25, -0.2) is 19.7 Å². The molecule has 0 aliphatic rings. The molecule has 3 heterocycles. The SMILES string of the molecule is COc1ncc(-c2ccc(C(=O)NS(=O)(=O)c3cccc(C)n3)c(Oc3c(C)cc(C)cc3C)n2)cc1Cl. The fraction of sp³-hybridized carbons (Fsp3) is 0.185. The van der Waals surface area contributed by atoms with Gasteiger partial charge in [0.1, 0.15) is 16.3 Å². The van der Waals surface area contributed by atoms with Crippen molar-refractivity contribution in [2.75, 3.05) is 7.11 Å². The van der Waals surface area contributed by atoms with Crippen molar-refractivity contribution < 1.29 is 22.7 Å². The summed E-state index contributed by atoms with van der Waals surface area (Å²) in [6.07, 6.45) is 1.52. The molecule has 4 rings (SSSR count). The number of hydrogen-bond acceptors (Lipinski definition) is 8. The summed E-state index contributed by atoms with van der Waals surface area (Å²) in [5, 5.41) is 0.000120. The molecule has 1 N–H and O–H groups in total. The Kier molecular flexibility index (Phi) is 7.66. The molecule has 4 aromatic rings. The van der Waals surface area contributed by atoms with Crippen molar-refractivity contribution in [3.63, 3.8) is 0 Å². The molecule has 11 heteroatoms. The number of aryl methyl sites for hydroxylation is 4. The Bertz CT molecular complexity index is 1630. The number of aromatic nitrogens is 3. The number of carbonyl (C=O) groups excluding carboxylic acids is 1. The van der Waals surface area contributed by atoms with E-state index in [1.807, 2.05) is 32.9 Å². The van der Waals surface area contributed by atoms with Crippen LogP contribution in [0.4, 0.5) is 0 Å². The van der Waals surface area contributed by atoms with Crippen LogP contribution in [0.25, 0.3) is 11.3 Å². The van der Waals surface area contributed by atoms with Gasteiger partial charge in [0.25, 0.3) is 15.9 Å². The number of methoxy groups -OCH3 is 1. The molecule has 38 heavy (non-hydrogen) atoms. The van der Waals surface area contributed by atoms with Crippen molar-refractivity contribution in [1.82, 2.24) is 19.7 Å². The molecule has 3 aromatic heterocycles. The topological polar surface area (TPSA) is 120 Å². The lowest BCUT2D eigenvalue weighted by atomic mass is 10.1. The standard InChI is InChI=1S/C27H25ClN4O5S/c1-15-11-16(2)24(17(3)12-15)37-26-20(25(33)32-38(34,35)23-8-6-7-18(4)30-23)9-10-22(31-26)19-13-21(28)27(36-5)29-14-19/h6-14H,1-5H3,(H,32,33). The molecule has 0 aliphatic carbocycles. The van der Waals surface area contributed by atoms with Crippen LogP contribution in [0.2, 0.25) is 5.02 Å². The second-order valence-corrected chi connectivity index (χ2v) is 10.7. The van der Waals surface area contributed by atoms with Crippen LogP contribution in [0.5, 0.6) is 17.5 Å². The Morgan fingerprint density at radius 2 is 1.66 bits per heavy atom. The number of hydrogen-bond donors (Lipinski definition) is 1. The second kappa shape index (κ2) is 10.8. The van der Waals surface area contributed by atoms with E-state index in [2.05, 4.69) is 19.7 Å². The largest absolute Gasteiger partial charge is 0.480 e. The van der Waals surface area contributed by atoms with Crippen molar-refractivity contribution in [3.05, 3.63) is 87.7 Å².